The first-order chi connectivity index (χ1) is 10.0. The first-order valence-corrected chi connectivity index (χ1v) is 6.90. The fraction of sp³-hybridized carbons (Fsp3) is 0.467. The molecule has 0 radical (unpaired) electrons. The van der Waals surface area contributed by atoms with Crippen molar-refractivity contribution in [3.8, 4) is 0 Å². The van der Waals surface area contributed by atoms with Gasteiger partial charge in [-0.15, -0.1) is 0 Å². The number of carbonyl (C=O) groups excluding carboxylic acids is 2. The molecule has 1 aliphatic heterocycles. The molecule has 114 valence electrons. The minimum absolute atomic E-state index is 0.0255. The maximum atomic E-state index is 13.4. The normalized spacial score (nSPS) is 21.4. The Morgan fingerprint density at radius 3 is 2.62 bits per heavy atom. The molecule has 5 nitrogen and oxygen atoms in total. The van der Waals surface area contributed by atoms with Gasteiger partial charge in [0.15, 0.2) is 0 Å². The van der Waals surface area contributed by atoms with Crippen LogP contribution in [0.3, 0.4) is 0 Å². The van der Waals surface area contributed by atoms with E-state index in [9.17, 15) is 19.1 Å². The van der Waals surface area contributed by atoms with Gasteiger partial charge in [-0.2, -0.15) is 0 Å². The van der Waals surface area contributed by atoms with Crippen LogP contribution >= 0.6 is 0 Å². The Morgan fingerprint density at radius 2 is 2.05 bits per heavy atom. The minimum atomic E-state index is -1.08. The molecule has 0 aromatic heterocycles. The highest BCUT2D eigenvalue weighted by Crippen LogP contribution is 2.22. The van der Waals surface area contributed by atoms with Gasteiger partial charge in [-0.05, 0) is 17.7 Å². The lowest BCUT2D eigenvalue weighted by atomic mass is 10.1. The van der Waals surface area contributed by atoms with Crippen LogP contribution in [-0.2, 0) is 11.3 Å². The lowest BCUT2D eigenvalue weighted by Gasteiger charge is -2.22. The van der Waals surface area contributed by atoms with Crippen LogP contribution in [0.4, 0.5) is 4.39 Å². The summed E-state index contributed by atoms with van der Waals surface area (Å²) in [5.41, 5.74) is 1.33. The second kappa shape index (κ2) is 6.67. The summed E-state index contributed by atoms with van der Waals surface area (Å²) < 4.78 is 13.4. The highest BCUT2D eigenvalue weighted by Gasteiger charge is 2.35. The summed E-state index contributed by atoms with van der Waals surface area (Å²) in [5, 5.41) is 11.9. The van der Waals surface area contributed by atoms with Crippen molar-refractivity contribution in [2.24, 2.45) is 0 Å². The summed E-state index contributed by atoms with van der Waals surface area (Å²) in [7, 11) is 0. The number of rotatable bonds is 4. The van der Waals surface area contributed by atoms with Crippen LogP contribution in [0.5, 0.6) is 0 Å². The predicted octanol–water partition coefficient (Wildman–Crippen LogP) is 0.868. The van der Waals surface area contributed by atoms with Crippen LogP contribution in [0, 0.1) is 0 Å². The molecule has 0 saturated carbocycles. The second-order valence-electron chi connectivity index (χ2n) is 5.23. The third-order valence-electron chi connectivity index (χ3n) is 3.58. The lowest BCUT2D eigenvalue weighted by molar-refractivity contribution is -0.119. The number of halogens is 1. The molecule has 0 bridgehead atoms. The van der Waals surface area contributed by atoms with Gasteiger partial charge in [0.1, 0.15) is 6.17 Å². The molecule has 21 heavy (non-hydrogen) atoms. The molecule has 1 aliphatic rings. The number of likely N-dealkylation sites (tertiary alicyclic amines) is 1. The smallest absolute Gasteiger partial charge is 0.254 e. The molecule has 1 fully saturated rings. The van der Waals surface area contributed by atoms with E-state index in [-0.39, 0.29) is 31.4 Å². The summed E-state index contributed by atoms with van der Waals surface area (Å²) in [6, 6.07) is 6.35. The third kappa shape index (κ3) is 3.78. The van der Waals surface area contributed by atoms with Crippen LogP contribution in [-0.4, -0.2) is 47.2 Å². The van der Waals surface area contributed by atoms with Crippen molar-refractivity contribution in [2.75, 3.05) is 13.2 Å². The highest BCUT2D eigenvalue weighted by molar-refractivity contribution is 5.94. The molecular weight excluding hydrogens is 275 g/mol. The Morgan fingerprint density at radius 1 is 1.38 bits per heavy atom. The molecule has 2 atom stereocenters. The van der Waals surface area contributed by atoms with E-state index in [1.165, 1.54) is 11.8 Å². The summed E-state index contributed by atoms with van der Waals surface area (Å²) in [5.74, 6) is -0.396. The van der Waals surface area contributed by atoms with Crippen molar-refractivity contribution in [1.29, 1.82) is 0 Å². The summed E-state index contributed by atoms with van der Waals surface area (Å²) in [6.07, 6.45) is -0.895. The van der Waals surface area contributed by atoms with Gasteiger partial charge < -0.3 is 15.3 Å². The van der Waals surface area contributed by atoms with E-state index in [0.29, 0.717) is 12.1 Å². The summed E-state index contributed by atoms with van der Waals surface area (Å²) in [4.78, 5) is 24.5. The maximum Gasteiger partial charge on any atom is 0.254 e. The number of nitrogens with one attached hydrogen (secondary N) is 1. The van der Waals surface area contributed by atoms with Gasteiger partial charge in [0.2, 0.25) is 5.91 Å². The molecule has 2 N–H and O–H groups in total. The van der Waals surface area contributed by atoms with E-state index in [2.05, 4.69) is 5.32 Å². The highest BCUT2D eigenvalue weighted by atomic mass is 19.1. The van der Waals surface area contributed by atoms with E-state index in [1.807, 2.05) is 0 Å². The van der Waals surface area contributed by atoms with Gasteiger partial charge in [-0.1, -0.05) is 12.1 Å². The SMILES string of the molecule is CC(=O)NCc1ccc(C(=O)N2C[C@@H](F)C[C@H]2CO)cc1. The lowest BCUT2D eigenvalue weighted by Crippen LogP contribution is -2.37. The van der Waals surface area contributed by atoms with E-state index in [1.54, 1.807) is 24.3 Å². The first kappa shape index (κ1) is 15.4. The monoisotopic (exact) mass is 294 g/mol. The van der Waals surface area contributed by atoms with Crippen LogP contribution in [0.25, 0.3) is 0 Å². The van der Waals surface area contributed by atoms with Gasteiger partial charge >= 0.3 is 0 Å². The number of nitrogens with zero attached hydrogens (tertiary/aromatic N) is 1. The quantitative estimate of drug-likeness (QED) is 0.865. The fourth-order valence-electron chi connectivity index (χ4n) is 2.44. The molecule has 1 aromatic carbocycles. The van der Waals surface area contributed by atoms with Crippen molar-refractivity contribution in [3.63, 3.8) is 0 Å². The van der Waals surface area contributed by atoms with E-state index in [4.69, 9.17) is 0 Å². The van der Waals surface area contributed by atoms with Gasteiger partial charge in [-0.3, -0.25) is 9.59 Å². The number of carbonyl (C=O) groups is 2. The Balaban J connectivity index is 2.04. The van der Waals surface area contributed by atoms with E-state index < -0.39 is 12.2 Å². The zero-order valence-electron chi connectivity index (χ0n) is 11.9. The fourth-order valence-corrected chi connectivity index (χ4v) is 2.44. The van der Waals surface area contributed by atoms with Crippen LogP contribution < -0.4 is 5.32 Å². The molecule has 6 heteroatoms. The van der Waals surface area contributed by atoms with Gasteiger partial charge in [0, 0.05) is 25.5 Å². The summed E-state index contributed by atoms with van der Waals surface area (Å²) in [6.45, 7) is 1.64. The molecule has 0 aliphatic carbocycles. The zero-order chi connectivity index (χ0) is 15.4. The Kier molecular flexibility index (Phi) is 4.90. The largest absolute Gasteiger partial charge is 0.394 e. The van der Waals surface area contributed by atoms with Crippen LogP contribution in [0.2, 0.25) is 0 Å². The topological polar surface area (TPSA) is 69.6 Å². The minimum Gasteiger partial charge on any atom is -0.394 e. The van der Waals surface area contributed by atoms with Crippen molar-refractivity contribution in [2.45, 2.75) is 32.1 Å². The Hall–Kier alpha value is -1.95. The second-order valence-corrected chi connectivity index (χ2v) is 5.23. The number of alkyl halides is 1. The van der Waals surface area contributed by atoms with Crippen molar-refractivity contribution < 1.29 is 19.1 Å². The number of hydrogen-bond acceptors (Lipinski definition) is 3. The van der Waals surface area contributed by atoms with E-state index in [0.717, 1.165) is 5.56 Å². The molecule has 1 heterocycles. The van der Waals surface area contributed by atoms with Crippen molar-refractivity contribution in [1.82, 2.24) is 10.2 Å². The molecule has 0 unspecified atom stereocenters. The average Bonchev–Trinajstić information content (AvgIpc) is 2.86. The van der Waals surface area contributed by atoms with Gasteiger partial charge in [0.25, 0.3) is 5.91 Å². The molecule has 2 rings (SSSR count). The molecule has 1 aromatic rings. The Labute approximate surface area is 122 Å². The van der Waals surface area contributed by atoms with Gasteiger partial charge in [-0.25, -0.2) is 4.39 Å². The number of hydrogen-bond donors (Lipinski definition) is 2. The average molecular weight is 294 g/mol. The Bertz CT molecular complexity index is 518. The molecule has 0 spiro atoms. The van der Waals surface area contributed by atoms with Crippen LogP contribution in [0.1, 0.15) is 29.3 Å². The van der Waals surface area contributed by atoms with Crippen molar-refractivity contribution >= 4 is 11.8 Å². The first-order valence-electron chi connectivity index (χ1n) is 6.90. The summed E-state index contributed by atoms with van der Waals surface area (Å²) >= 11 is 0. The number of benzene rings is 1. The zero-order valence-corrected chi connectivity index (χ0v) is 11.9. The molecular formula is C15H19FN2O3. The number of aliphatic hydroxyl groups is 1. The van der Waals surface area contributed by atoms with E-state index >= 15 is 0 Å². The van der Waals surface area contributed by atoms with Gasteiger partial charge in [0.05, 0.1) is 19.2 Å². The van der Waals surface area contributed by atoms with Crippen LogP contribution in [0.15, 0.2) is 24.3 Å². The standard InChI is InChI=1S/C15H19FN2O3/c1-10(20)17-7-11-2-4-12(5-3-11)15(21)18-8-13(16)6-14(18)9-19/h2-5,13-14,19H,6-9H2,1H3,(H,17,20)/t13-,14-/m0/s1. The molecule has 2 amide bonds. The van der Waals surface area contributed by atoms with Crippen molar-refractivity contribution in [3.05, 3.63) is 35.4 Å². The molecule has 1 saturated heterocycles. The predicted molar refractivity (Wildman–Crippen MR) is 75.4 cm³/mol. The maximum absolute atomic E-state index is 13.4. The third-order valence-corrected chi connectivity index (χ3v) is 3.58. The number of aliphatic hydroxyl groups excluding tert-OH is 1. The number of amides is 2.